The Hall–Kier alpha value is -2.28. The van der Waals surface area contributed by atoms with Gasteiger partial charge in [0.25, 0.3) is 0 Å². The van der Waals surface area contributed by atoms with Gasteiger partial charge in [0.05, 0.1) is 12.0 Å². The van der Waals surface area contributed by atoms with E-state index >= 15 is 0 Å². The summed E-state index contributed by atoms with van der Waals surface area (Å²) in [5, 5.41) is 2.81. The number of likely N-dealkylation sites (tertiary alicyclic amines) is 1. The highest BCUT2D eigenvalue weighted by atomic mass is 19.2. The van der Waals surface area contributed by atoms with Crippen molar-refractivity contribution < 1.29 is 13.6 Å². The third-order valence-corrected chi connectivity index (χ3v) is 5.93. The quantitative estimate of drug-likeness (QED) is 0.731. The van der Waals surface area contributed by atoms with Crippen LogP contribution in [0.25, 0.3) is 0 Å². The first-order valence-corrected chi connectivity index (χ1v) is 10.5. The first kappa shape index (κ1) is 20.0. The summed E-state index contributed by atoms with van der Waals surface area (Å²) in [5.74, 6) is -1.29. The van der Waals surface area contributed by atoms with Gasteiger partial charge in [0.15, 0.2) is 11.6 Å². The Morgan fingerprint density at radius 3 is 2.86 bits per heavy atom. The Morgan fingerprint density at radius 2 is 2.07 bits per heavy atom. The van der Waals surface area contributed by atoms with Gasteiger partial charge in [-0.25, -0.2) is 13.8 Å². The maximum Gasteiger partial charge on any atom is 0.220 e. The molecule has 1 aromatic heterocycles. The molecule has 4 rings (SSSR count). The van der Waals surface area contributed by atoms with E-state index in [4.69, 9.17) is 0 Å². The van der Waals surface area contributed by atoms with Crippen LogP contribution in [-0.4, -0.2) is 33.4 Å². The smallest absolute Gasteiger partial charge is 0.220 e. The van der Waals surface area contributed by atoms with Crippen molar-refractivity contribution in [2.24, 2.45) is 5.92 Å². The van der Waals surface area contributed by atoms with Gasteiger partial charge in [-0.05, 0) is 62.3 Å². The molecule has 156 valence electrons. The van der Waals surface area contributed by atoms with Crippen molar-refractivity contribution in [1.29, 1.82) is 0 Å². The number of carbonyl (C=O) groups excluding carboxylic acids is 1. The fraction of sp³-hybridized carbons (Fsp3) is 0.545. The van der Waals surface area contributed by atoms with Gasteiger partial charge in [0, 0.05) is 38.3 Å². The standard InChI is InChI=1S/C22H28F2N4O/c23-20-7-3-17(10-21(20)24)11-26-22(29)8-4-16-2-1-9-27(13-16)14-19-12-25-15-28(19)18-5-6-18/h3,7,10,12,15-16,18H,1-2,4-6,8-9,11,13-14H2,(H,26,29)/t16-/m0/s1. The van der Waals surface area contributed by atoms with Gasteiger partial charge in [-0.15, -0.1) is 0 Å². The number of piperidine rings is 1. The molecule has 1 aliphatic heterocycles. The number of nitrogens with one attached hydrogen (secondary N) is 1. The number of aromatic nitrogens is 2. The molecule has 1 amide bonds. The van der Waals surface area contributed by atoms with E-state index in [2.05, 4.69) is 19.8 Å². The number of rotatable bonds is 8. The molecule has 29 heavy (non-hydrogen) atoms. The molecule has 1 aliphatic carbocycles. The van der Waals surface area contributed by atoms with Crippen LogP contribution in [0.1, 0.15) is 55.8 Å². The van der Waals surface area contributed by atoms with Crippen LogP contribution in [0.3, 0.4) is 0 Å². The fourth-order valence-electron chi connectivity index (χ4n) is 4.17. The lowest BCUT2D eigenvalue weighted by molar-refractivity contribution is -0.121. The molecule has 0 radical (unpaired) electrons. The zero-order valence-corrected chi connectivity index (χ0v) is 16.6. The van der Waals surface area contributed by atoms with Gasteiger partial charge in [-0.1, -0.05) is 6.07 Å². The van der Waals surface area contributed by atoms with Crippen molar-refractivity contribution in [3.63, 3.8) is 0 Å². The molecule has 7 heteroatoms. The molecule has 1 aromatic carbocycles. The molecule has 1 saturated heterocycles. The molecule has 0 spiro atoms. The van der Waals surface area contributed by atoms with E-state index < -0.39 is 11.6 Å². The van der Waals surface area contributed by atoms with Gasteiger partial charge in [0.1, 0.15) is 0 Å². The minimum atomic E-state index is -0.887. The number of halogens is 2. The molecule has 1 N–H and O–H groups in total. The Balaban J connectivity index is 1.20. The number of imidazole rings is 1. The molecule has 2 heterocycles. The zero-order valence-electron chi connectivity index (χ0n) is 16.6. The van der Waals surface area contributed by atoms with Gasteiger partial charge < -0.3 is 9.88 Å². The summed E-state index contributed by atoms with van der Waals surface area (Å²) in [6.07, 6.45) is 10.1. The predicted octanol–water partition coefficient (Wildman–Crippen LogP) is 3.80. The van der Waals surface area contributed by atoms with Crippen molar-refractivity contribution in [3.05, 3.63) is 53.6 Å². The van der Waals surface area contributed by atoms with Crippen LogP contribution in [0.4, 0.5) is 8.78 Å². The molecule has 5 nitrogen and oxygen atoms in total. The van der Waals surface area contributed by atoms with E-state index in [1.165, 1.54) is 24.6 Å². The van der Waals surface area contributed by atoms with Crippen LogP contribution in [0, 0.1) is 17.6 Å². The molecule has 0 unspecified atom stereocenters. The van der Waals surface area contributed by atoms with Crippen LogP contribution in [0.2, 0.25) is 0 Å². The SMILES string of the molecule is O=C(CC[C@@H]1CCCN(Cc2cncn2C2CC2)C1)NCc1ccc(F)c(F)c1. The van der Waals surface area contributed by atoms with Gasteiger partial charge in [0.2, 0.25) is 5.91 Å². The number of amides is 1. The summed E-state index contributed by atoms with van der Waals surface area (Å²) >= 11 is 0. The van der Waals surface area contributed by atoms with Crippen molar-refractivity contribution in [2.45, 2.75) is 57.7 Å². The molecule has 0 bridgehead atoms. The van der Waals surface area contributed by atoms with Crippen LogP contribution >= 0.6 is 0 Å². The van der Waals surface area contributed by atoms with E-state index in [1.54, 1.807) is 0 Å². The molecule has 2 fully saturated rings. The largest absolute Gasteiger partial charge is 0.352 e. The Bertz CT molecular complexity index is 849. The molecule has 2 aliphatic rings. The molecular weight excluding hydrogens is 374 g/mol. The lowest BCUT2D eigenvalue weighted by Crippen LogP contribution is -2.36. The van der Waals surface area contributed by atoms with Crippen molar-refractivity contribution >= 4 is 5.91 Å². The van der Waals surface area contributed by atoms with Crippen molar-refractivity contribution in [2.75, 3.05) is 13.1 Å². The number of carbonyl (C=O) groups is 1. The summed E-state index contributed by atoms with van der Waals surface area (Å²) in [6, 6.07) is 4.35. The third-order valence-electron chi connectivity index (χ3n) is 5.93. The lowest BCUT2D eigenvalue weighted by atomic mass is 9.93. The topological polar surface area (TPSA) is 50.2 Å². The highest BCUT2D eigenvalue weighted by Crippen LogP contribution is 2.36. The second kappa shape index (κ2) is 9.03. The predicted molar refractivity (Wildman–Crippen MR) is 106 cm³/mol. The average molecular weight is 402 g/mol. The zero-order chi connectivity index (χ0) is 20.2. The second-order valence-electron chi connectivity index (χ2n) is 8.33. The van der Waals surface area contributed by atoms with Crippen molar-refractivity contribution in [3.8, 4) is 0 Å². The number of hydrogen-bond donors (Lipinski definition) is 1. The lowest BCUT2D eigenvalue weighted by Gasteiger charge is -2.32. The fourth-order valence-corrected chi connectivity index (χ4v) is 4.17. The number of benzene rings is 1. The Kier molecular flexibility index (Phi) is 6.23. The van der Waals surface area contributed by atoms with E-state index in [1.807, 2.05) is 12.5 Å². The Morgan fingerprint density at radius 1 is 1.21 bits per heavy atom. The van der Waals surface area contributed by atoms with Gasteiger partial charge >= 0.3 is 0 Å². The van der Waals surface area contributed by atoms with Gasteiger partial charge in [-0.3, -0.25) is 9.69 Å². The molecule has 2 aromatic rings. The van der Waals surface area contributed by atoms with Crippen LogP contribution < -0.4 is 5.32 Å². The number of nitrogens with zero attached hydrogens (tertiary/aromatic N) is 3. The highest BCUT2D eigenvalue weighted by molar-refractivity contribution is 5.75. The molecule has 1 saturated carbocycles. The van der Waals surface area contributed by atoms with Crippen LogP contribution in [-0.2, 0) is 17.9 Å². The van der Waals surface area contributed by atoms with Crippen LogP contribution in [0.5, 0.6) is 0 Å². The maximum absolute atomic E-state index is 13.2. The first-order chi connectivity index (χ1) is 14.1. The second-order valence-corrected chi connectivity index (χ2v) is 8.33. The summed E-state index contributed by atoms with van der Waals surface area (Å²) in [7, 11) is 0. The minimum absolute atomic E-state index is 0.0429. The van der Waals surface area contributed by atoms with E-state index in [-0.39, 0.29) is 12.5 Å². The van der Waals surface area contributed by atoms with E-state index in [0.29, 0.717) is 23.9 Å². The highest BCUT2D eigenvalue weighted by Gasteiger charge is 2.27. The number of hydrogen-bond acceptors (Lipinski definition) is 3. The summed E-state index contributed by atoms with van der Waals surface area (Å²) in [4.78, 5) is 19.0. The first-order valence-electron chi connectivity index (χ1n) is 10.5. The van der Waals surface area contributed by atoms with Gasteiger partial charge in [-0.2, -0.15) is 0 Å². The summed E-state index contributed by atoms with van der Waals surface area (Å²) in [6.45, 7) is 3.24. The summed E-state index contributed by atoms with van der Waals surface area (Å²) in [5.41, 5.74) is 1.85. The normalized spacial score (nSPS) is 20.0. The van der Waals surface area contributed by atoms with Crippen LogP contribution in [0.15, 0.2) is 30.7 Å². The Labute approximate surface area is 170 Å². The minimum Gasteiger partial charge on any atom is -0.352 e. The monoisotopic (exact) mass is 402 g/mol. The average Bonchev–Trinajstić information content (AvgIpc) is 3.46. The van der Waals surface area contributed by atoms with E-state index in [0.717, 1.165) is 51.0 Å². The molecule has 1 atom stereocenters. The third kappa shape index (κ3) is 5.41. The summed E-state index contributed by atoms with van der Waals surface area (Å²) < 4.78 is 28.5. The maximum atomic E-state index is 13.2. The molecular formula is C22H28F2N4O. The van der Waals surface area contributed by atoms with E-state index in [9.17, 15) is 13.6 Å². The van der Waals surface area contributed by atoms with Crippen molar-refractivity contribution in [1.82, 2.24) is 19.8 Å².